The van der Waals surface area contributed by atoms with E-state index in [9.17, 15) is 18.3 Å². The number of aliphatic hydroxyl groups excluding tert-OH is 1. The molecule has 0 amide bonds. The Morgan fingerprint density at radius 2 is 1.81 bits per heavy atom. The minimum atomic E-state index is -4.55. The zero-order valence-electron chi connectivity index (χ0n) is 15.4. The molecule has 5 nitrogen and oxygen atoms in total. The highest BCUT2D eigenvalue weighted by atomic mass is 19.4. The van der Waals surface area contributed by atoms with Crippen molar-refractivity contribution in [2.75, 3.05) is 31.1 Å². The Kier molecular flexibility index (Phi) is 5.72. The molecule has 1 saturated heterocycles. The first-order chi connectivity index (χ1) is 12.3. The second-order valence-electron chi connectivity index (χ2n) is 7.37. The van der Waals surface area contributed by atoms with Crippen molar-refractivity contribution < 1.29 is 18.3 Å². The van der Waals surface area contributed by atoms with E-state index in [4.69, 9.17) is 0 Å². The quantitative estimate of drug-likeness (QED) is 0.881. The monoisotopic (exact) mass is 372 g/mol. The molecule has 0 aromatic carbocycles. The van der Waals surface area contributed by atoms with Gasteiger partial charge in [-0.15, -0.1) is 0 Å². The number of hydrogen-bond acceptors (Lipinski definition) is 5. The molecule has 1 aromatic rings. The van der Waals surface area contributed by atoms with Gasteiger partial charge in [0.2, 0.25) is 5.82 Å². The summed E-state index contributed by atoms with van der Waals surface area (Å²) in [7, 11) is 0. The molecular formula is C18H27F3N4O. The van der Waals surface area contributed by atoms with E-state index in [0.29, 0.717) is 42.6 Å². The molecule has 2 fully saturated rings. The van der Waals surface area contributed by atoms with Gasteiger partial charge in [-0.25, -0.2) is 9.97 Å². The lowest BCUT2D eigenvalue weighted by Crippen LogP contribution is -2.56. The molecule has 146 valence electrons. The Balaban J connectivity index is 1.85. The molecule has 0 bridgehead atoms. The smallest absolute Gasteiger partial charge is 0.396 e. The van der Waals surface area contributed by atoms with Gasteiger partial charge in [-0.1, -0.05) is 12.8 Å². The molecule has 1 N–H and O–H groups in total. The maximum atomic E-state index is 13.1. The Hall–Kier alpha value is -1.41. The highest BCUT2D eigenvalue weighted by molar-refractivity contribution is 5.49. The van der Waals surface area contributed by atoms with E-state index in [2.05, 4.69) is 14.9 Å². The third kappa shape index (κ3) is 3.96. The minimum Gasteiger partial charge on any atom is -0.396 e. The summed E-state index contributed by atoms with van der Waals surface area (Å²) in [5, 5.41) is 9.47. The Bertz CT molecular complexity index is 632. The van der Waals surface area contributed by atoms with E-state index >= 15 is 0 Å². The van der Waals surface area contributed by atoms with Crippen LogP contribution in [0.3, 0.4) is 0 Å². The number of halogens is 3. The number of piperazine rings is 1. The summed E-state index contributed by atoms with van der Waals surface area (Å²) in [4.78, 5) is 11.9. The average Bonchev–Trinajstić information content (AvgIpc) is 3.11. The van der Waals surface area contributed by atoms with Crippen molar-refractivity contribution in [3.63, 3.8) is 0 Å². The van der Waals surface area contributed by atoms with Gasteiger partial charge >= 0.3 is 6.18 Å². The molecule has 26 heavy (non-hydrogen) atoms. The van der Waals surface area contributed by atoms with E-state index < -0.39 is 12.0 Å². The van der Waals surface area contributed by atoms with Crippen LogP contribution in [0.1, 0.15) is 49.2 Å². The maximum absolute atomic E-state index is 13.1. The van der Waals surface area contributed by atoms with Crippen LogP contribution in [0.2, 0.25) is 0 Å². The predicted octanol–water partition coefficient (Wildman–Crippen LogP) is 2.93. The third-order valence-corrected chi connectivity index (χ3v) is 5.70. The average molecular weight is 372 g/mol. The summed E-state index contributed by atoms with van der Waals surface area (Å²) in [5.41, 5.74) is 1.05. The first-order valence-electron chi connectivity index (χ1n) is 9.35. The van der Waals surface area contributed by atoms with Crippen LogP contribution in [0.15, 0.2) is 0 Å². The highest BCUT2D eigenvalue weighted by Gasteiger charge is 2.38. The standard InChI is InChI=1S/C18H27F3N4O/c1-12-13(2)22-17(18(19,20)21)23-16(12)24-8-9-25(14-5-3-4-6-14)15(11-24)7-10-26/h14-15,26H,3-11H2,1-2H3/t15-/m0/s1. The number of alkyl halides is 3. The molecule has 3 rings (SSSR count). The number of hydrogen-bond donors (Lipinski definition) is 1. The van der Waals surface area contributed by atoms with E-state index in [-0.39, 0.29) is 12.6 Å². The normalized spacial score (nSPS) is 23.0. The fourth-order valence-electron chi connectivity index (χ4n) is 4.23. The summed E-state index contributed by atoms with van der Waals surface area (Å²) in [5.74, 6) is -0.702. The van der Waals surface area contributed by atoms with Crippen LogP contribution in [-0.2, 0) is 6.18 Å². The van der Waals surface area contributed by atoms with Crippen LogP contribution in [0.25, 0.3) is 0 Å². The Morgan fingerprint density at radius 3 is 2.42 bits per heavy atom. The van der Waals surface area contributed by atoms with Gasteiger partial charge in [0.15, 0.2) is 0 Å². The van der Waals surface area contributed by atoms with Gasteiger partial charge in [0.25, 0.3) is 0 Å². The SMILES string of the molecule is Cc1nc(C(F)(F)F)nc(N2CCN(C3CCCC3)[C@@H](CCO)C2)c1C. The molecule has 1 aliphatic carbocycles. The Morgan fingerprint density at radius 1 is 1.12 bits per heavy atom. The van der Waals surface area contributed by atoms with E-state index in [1.807, 2.05) is 4.90 Å². The highest BCUT2D eigenvalue weighted by Crippen LogP contribution is 2.33. The number of aryl methyl sites for hydroxylation is 1. The molecule has 0 radical (unpaired) electrons. The van der Waals surface area contributed by atoms with Crippen molar-refractivity contribution in [1.82, 2.24) is 14.9 Å². The van der Waals surface area contributed by atoms with Gasteiger partial charge in [-0.2, -0.15) is 13.2 Å². The van der Waals surface area contributed by atoms with Crippen LogP contribution in [0.4, 0.5) is 19.0 Å². The number of aliphatic hydroxyl groups is 1. The largest absolute Gasteiger partial charge is 0.451 e. The molecule has 2 heterocycles. The van der Waals surface area contributed by atoms with Gasteiger partial charge in [-0.05, 0) is 33.1 Å². The lowest BCUT2D eigenvalue weighted by molar-refractivity contribution is -0.145. The molecule has 2 aliphatic rings. The van der Waals surface area contributed by atoms with Crippen LogP contribution in [-0.4, -0.2) is 58.3 Å². The molecular weight excluding hydrogens is 345 g/mol. The van der Waals surface area contributed by atoms with Crippen LogP contribution >= 0.6 is 0 Å². The van der Waals surface area contributed by atoms with Crippen molar-refractivity contribution in [2.24, 2.45) is 0 Å². The van der Waals surface area contributed by atoms with Crippen LogP contribution < -0.4 is 4.90 Å². The maximum Gasteiger partial charge on any atom is 0.451 e. The van der Waals surface area contributed by atoms with Gasteiger partial charge in [0, 0.05) is 49.6 Å². The van der Waals surface area contributed by atoms with E-state index in [0.717, 1.165) is 6.54 Å². The molecule has 0 spiro atoms. The predicted molar refractivity (Wildman–Crippen MR) is 93.2 cm³/mol. The molecule has 8 heteroatoms. The first-order valence-corrected chi connectivity index (χ1v) is 9.35. The number of nitrogens with zero attached hydrogens (tertiary/aromatic N) is 4. The summed E-state index contributed by atoms with van der Waals surface area (Å²) in [6.45, 7) is 5.47. The fourth-order valence-corrected chi connectivity index (χ4v) is 4.23. The topological polar surface area (TPSA) is 52.5 Å². The van der Waals surface area contributed by atoms with Gasteiger partial charge in [0.05, 0.1) is 0 Å². The molecule has 1 atom stereocenters. The number of anilines is 1. The summed E-state index contributed by atoms with van der Waals surface area (Å²) >= 11 is 0. The molecule has 0 unspecified atom stereocenters. The van der Waals surface area contributed by atoms with Crippen LogP contribution in [0.5, 0.6) is 0 Å². The Labute approximate surface area is 152 Å². The van der Waals surface area contributed by atoms with Crippen molar-refractivity contribution in [2.45, 2.75) is 64.2 Å². The number of rotatable bonds is 4. The van der Waals surface area contributed by atoms with Crippen molar-refractivity contribution in [3.05, 3.63) is 17.1 Å². The van der Waals surface area contributed by atoms with Gasteiger partial charge in [0.1, 0.15) is 5.82 Å². The lowest BCUT2D eigenvalue weighted by atomic mass is 10.0. The third-order valence-electron chi connectivity index (χ3n) is 5.70. The van der Waals surface area contributed by atoms with Crippen molar-refractivity contribution in [3.8, 4) is 0 Å². The second-order valence-corrected chi connectivity index (χ2v) is 7.37. The lowest BCUT2D eigenvalue weighted by Gasteiger charge is -2.45. The van der Waals surface area contributed by atoms with E-state index in [1.54, 1.807) is 13.8 Å². The fraction of sp³-hybridized carbons (Fsp3) is 0.778. The summed E-state index contributed by atoms with van der Waals surface area (Å²) in [6, 6.07) is 0.675. The molecule has 1 aromatic heterocycles. The van der Waals surface area contributed by atoms with Gasteiger partial charge in [-0.3, -0.25) is 4.90 Å². The first kappa shape index (κ1) is 19.4. The summed E-state index contributed by atoms with van der Waals surface area (Å²) < 4.78 is 39.4. The zero-order chi connectivity index (χ0) is 18.9. The molecule has 1 saturated carbocycles. The van der Waals surface area contributed by atoms with Crippen LogP contribution in [0, 0.1) is 13.8 Å². The van der Waals surface area contributed by atoms with Crippen molar-refractivity contribution >= 4 is 5.82 Å². The second kappa shape index (κ2) is 7.68. The van der Waals surface area contributed by atoms with Crippen molar-refractivity contribution in [1.29, 1.82) is 0 Å². The minimum absolute atomic E-state index is 0.0807. The number of aromatic nitrogens is 2. The zero-order valence-corrected chi connectivity index (χ0v) is 15.4. The van der Waals surface area contributed by atoms with E-state index in [1.165, 1.54) is 25.7 Å². The van der Waals surface area contributed by atoms with Gasteiger partial charge < -0.3 is 10.0 Å². The summed E-state index contributed by atoms with van der Waals surface area (Å²) in [6.07, 6.45) is 0.884. The molecule has 1 aliphatic heterocycles.